The minimum absolute atomic E-state index is 0.0786. The zero-order valence-corrected chi connectivity index (χ0v) is 15.1. The molecule has 9 nitrogen and oxygen atoms in total. The highest BCUT2D eigenvalue weighted by Crippen LogP contribution is 2.25. The molecule has 1 aliphatic rings. The Bertz CT molecular complexity index is 955. The molecule has 0 bridgehead atoms. The number of aromatic nitrogens is 6. The van der Waals surface area contributed by atoms with E-state index in [0.29, 0.717) is 37.0 Å². The van der Waals surface area contributed by atoms with E-state index in [-0.39, 0.29) is 5.88 Å². The van der Waals surface area contributed by atoms with E-state index in [1.807, 2.05) is 15.6 Å². The van der Waals surface area contributed by atoms with Crippen LogP contribution in [0.1, 0.15) is 29.6 Å². The zero-order chi connectivity index (χ0) is 19.0. The molecule has 1 unspecified atom stereocenters. The van der Waals surface area contributed by atoms with Crippen LogP contribution >= 0.6 is 0 Å². The maximum Gasteiger partial charge on any atom is 0.255 e. The molecule has 0 amide bonds. The minimum atomic E-state index is -0.854. The number of aliphatic hydroxyl groups excluding tert-OH is 1. The van der Waals surface area contributed by atoms with Crippen LogP contribution in [0.4, 0.5) is 10.3 Å². The summed E-state index contributed by atoms with van der Waals surface area (Å²) in [4.78, 5) is 10.2. The smallest absolute Gasteiger partial charge is 0.255 e. The second-order valence-corrected chi connectivity index (χ2v) is 6.37. The molecule has 0 radical (unpaired) electrons. The molecule has 142 valence electrons. The molecule has 1 aliphatic heterocycles. The van der Waals surface area contributed by atoms with Crippen molar-refractivity contribution in [1.29, 1.82) is 0 Å². The van der Waals surface area contributed by atoms with Crippen LogP contribution in [0.3, 0.4) is 0 Å². The number of halogens is 1. The maximum absolute atomic E-state index is 13.6. The first-order valence-corrected chi connectivity index (χ1v) is 8.61. The normalized spacial score (nSPS) is 15.3. The number of anilines is 1. The van der Waals surface area contributed by atoms with Crippen LogP contribution in [-0.2, 0) is 20.1 Å². The SMILES string of the molecule is COc1nc(N2CCCn3nc(C(O)c4ccnn4C)cc3C2)ncc1F. The van der Waals surface area contributed by atoms with E-state index in [1.165, 1.54) is 7.11 Å². The molecule has 10 heteroatoms. The van der Waals surface area contributed by atoms with Gasteiger partial charge in [0.05, 0.1) is 36.9 Å². The Morgan fingerprint density at radius 1 is 1.33 bits per heavy atom. The number of nitrogens with zero attached hydrogens (tertiary/aromatic N) is 7. The Hall–Kier alpha value is -3.01. The molecule has 3 aromatic heterocycles. The Balaban J connectivity index is 1.61. The van der Waals surface area contributed by atoms with Crippen LogP contribution in [0, 0.1) is 5.82 Å². The molecule has 4 rings (SSSR count). The van der Waals surface area contributed by atoms with E-state index in [1.54, 1.807) is 24.0 Å². The number of aliphatic hydroxyl groups is 1. The monoisotopic (exact) mass is 373 g/mol. The predicted octanol–water partition coefficient (Wildman–Crippen LogP) is 1.05. The van der Waals surface area contributed by atoms with Crippen LogP contribution in [0.15, 0.2) is 24.5 Å². The number of methoxy groups -OCH3 is 1. The van der Waals surface area contributed by atoms with Gasteiger partial charge in [0.2, 0.25) is 11.8 Å². The van der Waals surface area contributed by atoms with E-state index in [4.69, 9.17) is 4.74 Å². The summed E-state index contributed by atoms with van der Waals surface area (Å²) in [5, 5.41) is 19.3. The van der Waals surface area contributed by atoms with Gasteiger partial charge < -0.3 is 14.7 Å². The molecule has 0 aliphatic carbocycles. The van der Waals surface area contributed by atoms with Crippen molar-refractivity contribution in [3.8, 4) is 5.88 Å². The van der Waals surface area contributed by atoms with E-state index in [2.05, 4.69) is 20.2 Å². The van der Waals surface area contributed by atoms with Gasteiger partial charge in [0.25, 0.3) is 5.88 Å². The highest BCUT2D eigenvalue weighted by Gasteiger charge is 2.23. The average Bonchev–Trinajstić information content (AvgIpc) is 3.22. The summed E-state index contributed by atoms with van der Waals surface area (Å²) >= 11 is 0. The zero-order valence-electron chi connectivity index (χ0n) is 15.1. The van der Waals surface area contributed by atoms with Crippen molar-refractivity contribution >= 4 is 5.95 Å². The second kappa shape index (κ2) is 6.95. The number of hydrogen-bond donors (Lipinski definition) is 1. The van der Waals surface area contributed by atoms with Crippen molar-refractivity contribution in [2.24, 2.45) is 7.05 Å². The quantitative estimate of drug-likeness (QED) is 0.730. The van der Waals surface area contributed by atoms with Gasteiger partial charge in [-0.25, -0.2) is 4.98 Å². The average molecular weight is 373 g/mol. The topological polar surface area (TPSA) is 94.1 Å². The summed E-state index contributed by atoms with van der Waals surface area (Å²) in [5.74, 6) is -0.274. The molecule has 0 fully saturated rings. The van der Waals surface area contributed by atoms with Gasteiger partial charge in [0.1, 0.15) is 6.10 Å². The summed E-state index contributed by atoms with van der Waals surface area (Å²) in [6, 6.07) is 3.64. The van der Waals surface area contributed by atoms with E-state index < -0.39 is 11.9 Å². The van der Waals surface area contributed by atoms with Crippen molar-refractivity contribution in [1.82, 2.24) is 29.5 Å². The Labute approximate surface area is 155 Å². The molecule has 0 saturated heterocycles. The fourth-order valence-electron chi connectivity index (χ4n) is 3.23. The maximum atomic E-state index is 13.6. The van der Waals surface area contributed by atoms with Crippen LogP contribution in [0.2, 0.25) is 0 Å². The van der Waals surface area contributed by atoms with Gasteiger partial charge in [-0.2, -0.15) is 19.6 Å². The molecular formula is C17H20FN7O2. The van der Waals surface area contributed by atoms with Gasteiger partial charge in [-0.1, -0.05) is 0 Å². The Kier molecular flexibility index (Phi) is 4.48. The highest BCUT2D eigenvalue weighted by atomic mass is 19.1. The van der Waals surface area contributed by atoms with E-state index >= 15 is 0 Å². The Morgan fingerprint density at radius 2 is 2.19 bits per heavy atom. The van der Waals surface area contributed by atoms with Gasteiger partial charge in [-0.05, 0) is 18.6 Å². The lowest BCUT2D eigenvalue weighted by atomic mass is 10.2. The third-order valence-corrected chi connectivity index (χ3v) is 4.63. The number of hydrogen-bond acceptors (Lipinski definition) is 7. The lowest BCUT2D eigenvalue weighted by Gasteiger charge is -2.20. The third-order valence-electron chi connectivity index (χ3n) is 4.63. The van der Waals surface area contributed by atoms with Crippen LogP contribution in [-0.4, -0.2) is 48.3 Å². The molecule has 3 aromatic rings. The molecule has 0 saturated carbocycles. The highest BCUT2D eigenvalue weighted by molar-refractivity contribution is 5.35. The number of fused-ring (bicyclic) bond motifs is 1. The lowest BCUT2D eigenvalue weighted by Crippen LogP contribution is -2.25. The van der Waals surface area contributed by atoms with Crippen molar-refractivity contribution < 1.29 is 14.2 Å². The number of aryl methyl sites for hydroxylation is 2. The molecule has 4 heterocycles. The van der Waals surface area contributed by atoms with E-state index in [9.17, 15) is 9.50 Å². The first kappa shape index (κ1) is 17.4. The molecule has 1 N–H and O–H groups in total. The molecule has 27 heavy (non-hydrogen) atoms. The second-order valence-electron chi connectivity index (χ2n) is 6.37. The summed E-state index contributed by atoms with van der Waals surface area (Å²) in [5.41, 5.74) is 2.16. The first-order valence-electron chi connectivity index (χ1n) is 8.61. The third kappa shape index (κ3) is 3.23. The van der Waals surface area contributed by atoms with E-state index in [0.717, 1.165) is 18.3 Å². The van der Waals surface area contributed by atoms with Crippen molar-refractivity contribution in [2.75, 3.05) is 18.6 Å². The van der Waals surface area contributed by atoms with Crippen molar-refractivity contribution in [2.45, 2.75) is 25.6 Å². The summed E-state index contributed by atoms with van der Waals surface area (Å²) in [7, 11) is 3.15. The van der Waals surface area contributed by atoms with Crippen molar-refractivity contribution in [3.63, 3.8) is 0 Å². The minimum Gasteiger partial charge on any atom is -0.479 e. The summed E-state index contributed by atoms with van der Waals surface area (Å²) in [6.45, 7) is 1.92. The fourth-order valence-corrected chi connectivity index (χ4v) is 3.23. The van der Waals surface area contributed by atoms with Gasteiger partial charge >= 0.3 is 0 Å². The summed E-state index contributed by atoms with van der Waals surface area (Å²) < 4.78 is 22.1. The number of rotatable bonds is 4. The molecule has 0 spiro atoms. The largest absolute Gasteiger partial charge is 0.479 e. The fraction of sp³-hybridized carbons (Fsp3) is 0.412. The Morgan fingerprint density at radius 3 is 2.93 bits per heavy atom. The number of ether oxygens (including phenoxy) is 1. The van der Waals surface area contributed by atoms with Gasteiger partial charge in [0, 0.05) is 26.3 Å². The lowest BCUT2D eigenvalue weighted by molar-refractivity contribution is 0.203. The molecule has 1 atom stereocenters. The summed E-state index contributed by atoms with van der Waals surface area (Å²) in [6.07, 6.45) is 2.72. The molecular weight excluding hydrogens is 353 g/mol. The predicted molar refractivity (Wildman–Crippen MR) is 93.7 cm³/mol. The van der Waals surface area contributed by atoms with Gasteiger partial charge in [0.15, 0.2) is 0 Å². The van der Waals surface area contributed by atoms with Crippen molar-refractivity contribution in [3.05, 3.63) is 47.4 Å². The van der Waals surface area contributed by atoms with Gasteiger partial charge in [-0.15, -0.1) is 0 Å². The first-order chi connectivity index (χ1) is 13.1. The van der Waals surface area contributed by atoms with Crippen LogP contribution in [0.5, 0.6) is 5.88 Å². The van der Waals surface area contributed by atoms with Crippen LogP contribution in [0.25, 0.3) is 0 Å². The van der Waals surface area contributed by atoms with Gasteiger partial charge in [-0.3, -0.25) is 9.36 Å². The standard InChI is InChI=1S/C17H20FN7O2/c1-23-14(4-5-20-23)15(26)13-8-11-10-24(6-3-7-25(11)22-13)17-19-9-12(18)16(21-17)27-2/h4-5,8-9,15,26H,3,6-7,10H2,1-2H3. The molecule has 0 aromatic carbocycles. The van der Waals surface area contributed by atoms with Crippen LogP contribution < -0.4 is 9.64 Å².